The van der Waals surface area contributed by atoms with Crippen LogP contribution in [0.1, 0.15) is 6.42 Å². The van der Waals surface area contributed by atoms with Crippen molar-refractivity contribution in [1.29, 1.82) is 0 Å². The number of nitrogens with one attached hydrogen (secondary N) is 1. The van der Waals surface area contributed by atoms with E-state index in [1.165, 1.54) is 12.1 Å². The predicted molar refractivity (Wildman–Crippen MR) is 72.3 cm³/mol. The SMILES string of the molecule is O=[N+]([O-])c1ccc2nc(N3CCC(Br)C3)[nH]c2c1. The summed E-state index contributed by atoms with van der Waals surface area (Å²) < 4.78 is 0. The molecule has 1 fully saturated rings. The second kappa shape index (κ2) is 4.24. The molecule has 1 aromatic heterocycles. The van der Waals surface area contributed by atoms with Gasteiger partial charge in [-0.3, -0.25) is 10.1 Å². The number of halogens is 1. The average molecular weight is 311 g/mol. The van der Waals surface area contributed by atoms with Gasteiger partial charge in [0.2, 0.25) is 5.95 Å². The molecule has 1 N–H and O–H groups in total. The van der Waals surface area contributed by atoms with Gasteiger partial charge in [-0.25, -0.2) is 4.98 Å². The summed E-state index contributed by atoms with van der Waals surface area (Å²) in [6.45, 7) is 1.85. The average Bonchev–Trinajstić information content (AvgIpc) is 2.93. The van der Waals surface area contributed by atoms with E-state index in [-0.39, 0.29) is 5.69 Å². The van der Waals surface area contributed by atoms with E-state index in [1.807, 2.05) is 0 Å². The van der Waals surface area contributed by atoms with Gasteiger partial charge in [-0.2, -0.15) is 0 Å². The van der Waals surface area contributed by atoms with Gasteiger partial charge in [-0.1, -0.05) is 15.9 Å². The number of nitro groups is 1. The van der Waals surface area contributed by atoms with Crippen molar-refractivity contribution in [3.63, 3.8) is 0 Å². The number of rotatable bonds is 2. The Bertz CT molecular complexity index is 612. The monoisotopic (exact) mass is 310 g/mol. The van der Waals surface area contributed by atoms with Crippen molar-refractivity contribution in [2.75, 3.05) is 18.0 Å². The Labute approximate surface area is 111 Å². The Morgan fingerprint density at radius 1 is 1.56 bits per heavy atom. The molecule has 6 nitrogen and oxygen atoms in total. The van der Waals surface area contributed by atoms with Crippen LogP contribution in [0.4, 0.5) is 11.6 Å². The molecule has 1 aliphatic rings. The number of hydrogen-bond donors (Lipinski definition) is 1. The second-order valence-electron chi connectivity index (χ2n) is 4.35. The van der Waals surface area contributed by atoms with Gasteiger partial charge in [0.05, 0.1) is 16.0 Å². The number of non-ortho nitro benzene ring substituents is 1. The maximum atomic E-state index is 10.7. The first-order valence-electron chi connectivity index (χ1n) is 5.66. The summed E-state index contributed by atoms with van der Waals surface area (Å²) in [4.78, 5) is 20.5. The first-order valence-corrected chi connectivity index (χ1v) is 6.58. The zero-order valence-corrected chi connectivity index (χ0v) is 11.1. The molecule has 94 valence electrons. The highest BCUT2D eigenvalue weighted by Crippen LogP contribution is 2.25. The molecule has 0 amide bonds. The minimum atomic E-state index is -0.398. The van der Waals surface area contributed by atoms with Crippen LogP contribution in [0.25, 0.3) is 11.0 Å². The molecule has 1 aromatic carbocycles. The third kappa shape index (κ3) is 1.94. The highest BCUT2D eigenvalue weighted by Gasteiger charge is 2.22. The molecular weight excluding hydrogens is 300 g/mol. The molecule has 1 atom stereocenters. The molecule has 0 spiro atoms. The molecule has 7 heteroatoms. The van der Waals surface area contributed by atoms with Crippen molar-refractivity contribution in [3.05, 3.63) is 28.3 Å². The van der Waals surface area contributed by atoms with Crippen LogP contribution in [-0.2, 0) is 0 Å². The highest BCUT2D eigenvalue weighted by atomic mass is 79.9. The number of nitro benzene ring substituents is 1. The van der Waals surface area contributed by atoms with E-state index in [1.54, 1.807) is 6.07 Å². The van der Waals surface area contributed by atoms with Gasteiger partial charge in [-0.15, -0.1) is 0 Å². The smallest absolute Gasteiger partial charge is 0.271 e. The summed E-state index contributed by atoms with van der Waals surface area (Å²) in [5.74, 6) is 0.785. The number of alkyl halides is 1. The summed E-state index contributed by atoms with van der Waals surface area (Å²) in [6, 6.07) is 4.67. The van der Waals surface area contributed by atoms with Crippen molar-refractivity contribution in [1.82, 2.24) is 9.97 Å². The third-order valence-corrected chi connectivity index (χ3v) is 3.84. The third-order valence-electron chi connectivity index (χ3n) is 3.09. The summed E-state index contributed by atoms with van der Waals surface area (Å²) >= 11 is 3.58. The van der Waals surface area contributed by atoms with E-state index >= 15 is 0 Å². The quantitative estimate of drug-likeness (QED) is 0.525. The molecule has 1 unspecified atom stereocenters. The number of benzene rings is 1. The molecule has 0 bridgehead atoms. The summed E-state index contributed by atoms with van der Waals surface area (Å²) in [7, 11) is 0. The van der Waals surface area contributed by atoms with E-state index in [2.05, 4.69) is 30.8 Å². The molecule has 1 aliphatic heterocycles. The van der Waals surface area contributed by atoms with Crippen molar-refractivity contribution in [2.24, 2.45) is 0 Å². The first kappa shape index (κ1) is 11.5. The number of fused-ring (bicyclic) bond motifs is 1. The van der Waals surface area contributed by atoms with E-state index in [0.717, 1.165) is 31.0 Å². The van der Waals surface area contributed by atoms with Crippen molar-refractivity contribution >= 4 is 38.6 Å². The van der Waals surface area contributed by atoms with Gasteiger partial charge in [-0.05, 0) is 12.5 Å². The van der Waals surface area contributed by atoms with Crippen molar-refractivity contribution < 1.29 is 4.92 Å². The fourth-order valence-corrected chi connectivity index (χ4v) is 2.71. The summed E-state index contributed by atoms with van der Waals surface area (Å²) in [5, 5.41) is 10.7. The Kier molecular flexibility index (Phi) is 2.70. The largest absolute Gasteiger partial charge is 0.341 e. The number of imidazole rings is 1. The second-order valence-corrected chi connectivity index (χ2v) is 5.65. The molecule has 0 radical (unpaired) electrons. The molecule has 0 aliphatic carbocycles. The van der Waals surface area contributed by atoms with Gasteiger partial charge in [0.15, 0.2) is 0 Å². The number of nitrogens with zero attached hydrogens (tertiary/aromatic N) is 3. The summed E-state index contributed by atoms with van der Waals surface area (Å²) in [5.41, 5.74) is 1.54. The normalized spacial score (nSPS) is 19.6. The lowest BCUT2D eigenvalue weighted by Crippen LogP contribution is -2.20. The van der Waals surface area contributed by atoms with Gasteiger partial charge in [0.1, 0.15) is 0 Å². The zero-order valence-electron chi connectivity index (χ0n) is 9.47. The van der Waals surface area contributed by atoms with Crippen molar-refractivity contribution in [3.8, 4) is 0 Å². The molecule has 18 heavy (non-hydrogen) atoms. The molecule has 2 heterocycles. The Balaban J connectivity index is 1.98. The fourth-order valence-electron chi connectivity index (χ4n) is 2.16. The number of hydrogen-bond acceptors (Lipinski definition) is 4. The van der Waals surface area contributed by atoms with Crippen LogP contribution < -0.4 is 4.90 Å². The van der Waals surface area contributed by atoms with Crippen molar-refractivity contribution in [2.45, 2.75) is 11.2 Å². The molecule has 1 saturated heterocycles. The molecular formula is C11H11BrN4O2. The van der Waals surface area contributed by atoms with Gasteiger partial charge >= 0.3 is 0 Å². The first-order chi connectivity index (χ1) is 8.63. The Hall–Kier alpha value is -1.63. The van der Waals surface area contributed by atoms with Gasteiger partial charge < -0.3 is 9.88 Å². The maximum absolute atomic E-state index is 10.7. The number of anilines is 1. The van der Waals surface area contributed by atoms with Gasteiger partial charge in [0.25, 0.3) is 5.69 Å². The number of aromatic amines is 1. The predicted octanol–water partition coefficient (Wildman–Crippen LogP) is 2.44. The van der Waals surface area contributed by atoms with Crippen LogP contribution in [0.5, 0.6) is 0 Å². The lowest BCUT2D eigenvalue weighted by Gasteiger charge is -2.12. The maximum Gasteiger partial charge on any atom is 0.271 e. The Morgan fingerprint density at radius 2 is 2.39 bits per heavy atom. The minimum Gasteiger partial charge on any atom is -0.341 e. The Morgan fingerprint density at radius 3 is 3.06 bits per heavy atom. The van der Waals surface area contributed by atoms with Crippen LogP contribution in [0.2, 0.25) is 0 Å². The van der Waals surface area contributed by atoms with Crippen LogP contribution in [0.15, 0.2) is 18.2 Å². The summed E-state index contributed by atoms with van der Waals surface area (Å²) in [6.07, 6.45) is 1.08. The lowest BCUT2D eigenvalue weighted by atomic mass is 10.3. The standard InChI is InChI=1S/C11H11BrN4O2/c12-7-3-4-15(6-7)11-13-9-2-1-8(16(17)18)5-10(9)14-11/h1-2,5,7H,3-4,6H2,(H,13,14). The van der Waals surface area contributed by atoms with E-state index < -0.39 is 4.92 Å². The van der Waals surface area contributed by atoms with E-state index in [4.69, 9.17) is 0 Å². The van der Waals surface area contributed by atoms with Crippen LogP contribution >= 0.6 is 15.9 Å². The number of aromatic nitrogens is 2. The van der Waals surface area contributed by atoms with E-state index in [0.29, 0.717) is 10.3 Å². The van der Waals surface area contributed by atoms with Crippen LogP contribution in [-0.4, -0.2) is 32.8 Å². The topological polar surface area (TPSA) is 75.1 Å². The van der Waals surface area contributed by atoms with E-state index in [9.17, 15) is 10.1 Å². The fraction of sp³-hybridized carbons (Fsp3) is 0.364. The van der Waals surface area contributed by atoms with Crippen LogP contribution in [0, 0.1) is 10.1 Å². The zero-order chi connectivity index (χ0) is 12.7. The molecule has 0 saturated carbocycles. The molecule has 2 aromatic rings. The van der Waals surface area contributed by atoms with Crippen LogP contribution in [0.3, 0.4) is 0 Å². The van der Waals surface area contributed by atoms with Gasteiger partial charge in [0, 0.05) is 30.0 Å². The minimum absolute atomic E-state index is 0.0810. The number of H-pyrrole nitrogens is 1. The highest BCUT2D eigenvalue weighted by molar-refractivity contribution is 9.09. The molecule has 3 rings (SSSR count). The lowest BCUT2D eigenvalue weighted by molar-refractivity contribution is -0.384.